The maximum Gasteiger partial charge on any atom is 0.191 e. The second-order valence-corrected chi connectivity index (χ2v) is 7.14. The Morgan fingerprint density at radius 1 is 1.39 bits per heavy atom. The summed E-state index contributed by atoms with van der Waals surface area (Å²) in [5.74, 6) is 0.942. The van der Waals surface area contributed by atoms with Gasteiger partial charge in [-0.05, 0) is 50.1 Å². The zero-order chi connectivity index (χ0) is 15.9. The fourth-order valence-electron chi connectivity index (χ4n) is 3.19. The Morgan fingerprint density at radius 3 is 2.91 bits per heavy atom. The van der Waals surface area contributed by atoms with Crippen LogP contribution in [0.1, 0.15) is 32.6 Å². The fourth-order valence-corrected chi connectivity index (χ4v) is 3.97. The van der Waals surface area contributed by atoms with Crippen LogP contribution >= 0.6 is 11.3 Å². The molecule has 3 rings (SSSR count). The van der Waals surface area contributed by atoms with E-state index >= 15 is 0 Å². The number of guanidine groups is 1. The highest BCUT2D eigenvalue weighted by molar-refractivity contribution is 7.14. The van der Waals surface area contributed by atoms with E-state index in [1.807, 2.05) is 11.3 Å². The van der Waals surface area contributed by atoms with E-state index in [2.05, 4.69) is 40.0 Å². The van der Waals surface area contributed by atoms with Gasteiger partial charge in [0.1, 0.15) is 0 Å². The van der Waals surface area contributed by atoms with Crippen molar-refractivity contribution >= 4 is 22.3 Å². The molecule has 0 radical (unpaired) electrons. The minimum atomic E-state index is 0.311. The number of aliphatic imine (C=N–C) groups is 1. The molecule has 1 aromatic heterocycles. The van der Waals surface area contributed by atoms with Crippen LogP contribution in [0.15, 0.2) is 22.5 Å². The summed E-state index contributed by atoms with van der Waals surface area (Å²) in [5, 5.41) is 10.5. The van der Waals surface area contributed by atoms with E-state index in [4.69, 9.17) is 9.73 Å². The van der Waals surface area contributed by atoms with Crippen molar-refractivity contribution in [2.24, 2.45) is 4.99 Å². The predicted molar refractivity (Wildman–Crippen MR) is 97.6 cm³/mol. The summed E-state index contributed by atoms with van der Waals surface area (Å²) in [7, 11) is 0. The van der Waals surface area contributed by atoms with E-state index in [9.17, 15) is 0 Å². The molecule has 2 N–H and O–H groups in total. The van der Waals surface area contributed by atoms with Gasteiger partial charge < -0.3 is 20.3 Å². The number of thiophene rings is 1. The van der Waals surface area contributed by atoms with Crippen LogP contribution < -0.4 is 15.5 Å². The van der Waals surface area contributed by atoms with Crippen LogP contribution in [0.2, 0.25) is 0 Å². The molecule has 6 heteroatoms. The van der Waals surface area contributed by atoms with Gasteiger partial charge >= 0.3 is 0 Å². The van der Waals surface area contributed by atoms with Crippen LogP contribution in [0.25, 0.3) is 0 Å². The summed E-state index contributed by atoms with van der Waals surface area (Å²) in [4.78, 5) is 7.20. The first-order chi connectivity index (χ1) is 11.3. The number of rotatable bonds is 5. The minimum absolute atomic E-state index is 0.311. The summed E-state index contributed by atoms with van der Waals surface area (Å²) in [6.45, 7) is 6.90. The van der Waals surface area contributed by atoms with Gasteiger partial charge in [-0.25, -0.2) is 0 Å². The smallest absolute Gasteiger partial charge is 0.191 e. The molecular formula is C17H28N4OS. The van der Waals surface area contributed by atoms with Gasteiger partial charge in [-0.15, -0.1) is 11.3 Å². The molecule has 0 aromatic carbocycles. The quantitative estimate of drug-likeness (QED) is 0.640. The van der Waals surface area contributed by atoms with Gasteiger partial charge in [0.25, 0.3) is 0 Å². The van der Waals surface area contributed by atoms with Crippen molar-refractivity contribution in [3.8, 4) is 0 Å². The molecule has 2 aliphatic rings. The highest BCUT2D eigenvalue weighted by Crippen LogP contribution is 2.24. The first-order valence-electron chi connectivity index (χ1n) is 8.80. The number of nitrogens with one attached hydrogen (secondary N) is 2. The molecule has 0 amide bonds. The molecule has 0 aliphatic carbocycles. The second kappa shape index (κ2) is 8.55. The average Bonchev–Trinajstić information content (AvgIpc) is 3.27. The largest absolute Gasteiger partial charge is 0.376 e. The van der Waals surface area contributed by atoms with Crippen molar-refractivity contribution in [2.75, 3.05) is 37.7 Å². The standard InChI is InChI=1S/C17H28N4OS/c1-2-18-17(19-13-15-5-3-11-22-15)20-14-7-9-21(10-8-14)16-6-4-12-23-16/h4,6,12,14-15H,2-3,5,7-11,13H2,1H3,(H2,18,19,20). The molecule has 0 bridgehead atoms. The van der Waals surface area contributed by atoms with E-state index in [0.29, 0.717) is 12.1 Å². The maximum absolute atomic E-state index is 5.66. The summed E-state index contributed by atoms with van der Waals surface area (Å²) < 4.78 is 5.66. The zero-order valence-corrected chi connectivity index (χ0v) is 14.8. The van der Waals surface area contributed by atoms with E-state index in [1.165, 1.54) is 11.4 Å². The Morgan fingerprint density at radius 2 is 2.26 bits per heavy atom. The molecule has 0 saturated carbocycles. The predicted octanol–water partition coefficient (Wildman–Crippen LogP) is 2.45. The van der Waals surface area contributed by atoms with Crippen molar-refractivity contribution < 1.29 is 4.74 Å². The average molecular weight is 337 g/mol. The van der Waals surface area contributed by atoms with Crippen molar-refractivity contribution in [1.82, 2.24) is 10.6 Å². The lowest BCUT2D eigenvalue weighted by Gasteiger charge is -2.33. The number of ether oxygens (including phenoxy) is 1. The first-order valence-corrected chi connectivity index (χ1v) is 9.68. The third-order valence-electron chi connectivity index (χ3n) is 4.47. The number of anilines is 1. The minimum Gasteiger partial charge on any atom is -0.376 e. The van der Waals surface area contributed by atoms with E-state index in [0.717, 1.165) is 58.0 Å². The summed E-state index contributed by atoms with van der Waals surface area (Å²) in [6.07, 6.45) is 4.93. The van der Waals surface area contributed by atoms with Crippen LogP contribution in [0.3, 0.4) is 0 Å². The topological polar surface area (TPSA) is 48.9 Å². The number of piperidine rings is 1. The molecule has 128 valence electrons. The summed E-state index contributed by atoms with van der Waals surface area (Å²) >= 11 is 1.83. The van der Waals surface area contributed by atoms with Gasteiger partial charge in [0.05, 0.1) is 17.6 Å². The number of hydrogen-bond acceptors (Lipinski definition) is 4. The van der Waals surface area contributed by atoms with Gasteiger partial charge in [0.15, 0.2) is 5.96 Å². The molecule has 2 fully saturated rings. The van der Waals surface area contributed by atoms with Crippen LogP contribution in [-0.2, 0) is 4.74 Å². The fraction of sp³-hybridized carbons (Fsp3) is 0.706. The van der Waals surface area contributed by atoms with Gasteiger partial charge in [-0.3, -0.25) is 4.99 Å². The third kappa shape index (κ3) is 4.85. The molecule has 1 aromatic rings. The Bertz CT molecular complexity index is 477. The molecule has 2 aliphatic heterocycles. The summed E-state index contributed by atoms with van der Waals surface area (Å²) in [6, 6.07) is 4.85. The van der Waals surface area contributed by atoms with E-state index < -0.39 is 0 Å². The molecular weight excluding hydrogens is 308 g/mol. The molecule has 1 atom stereocenters. The molecule has 5 nitrogen and oxygen atoms in total. The van der Waals surface area contributed by atoms with Crippen molar-refractivity contribution in [1.29, 1.82) is 0 Å². The van der Waals surface area contributed by atoms with E-state index in [1.54, 1.807) is 0 Å². The Labute approximate surface area is 143 Å². The number of hydrogen-bond donors (Lipinski definition) is 2. The van der Waals surface area contributed by atoms with Crippen molar-refractivity contribution in [2.45, 2.75) is 44.8 Å². The van der Waals surface area contributed by atoms with Crippen molar-refractivity contribution in [3.05, 3.63) is 17.5 Å². The second-order valence-electron chi connectivity index (χ2n) is 6.21. The SMILES string of the molecule is CCNC(=NCC1CCCO1)NC1CCN(c2cccs2)CC1. The van der Waals surface area contributed by atoms with Crippen LogP contribution in [0, 0.1) is 0 Å². The lowest BCUT2D eigenvalue weighted by molar-refractivity contribution is 0.117. The highest BCUT2D eigenvalue weighted by atomic mass is 32.1. The first kappa shape index (κ1) is 16.6. The van der Waals surface area contributed by atoms with Gasteiger partial charge in [0, 0.05) is 32.3 Å². The van der Waals surface area contributed by atoms with Crippen LogP contribution in [0.5, 0.6) is 0 Å². The third-order valence-corrected chi connectivity index (χ3v) is 5.40. The maximum atomic E-state index is 5.66. The highest BCUT2D eigenvalue weighted by Gasteiger charge is 2.21. The monoisotopic (exact) mass is 336 g/mol. The molecule has 3 heterocycles. The zero-order valence-electron chi connectivity index (χ0n) is 14.0. The van der Waals surface area contributed by atoms with Gasteiger partial charge in [0.2, 0.25) is 0 Å². The summed E-state index contributed by atoms with van der Waals surface area (Å²) in [5.41, 5.74) is 0. The van der Waals surface area contributed by atoms with Gasteiger partial charge in [-0.1, -0.05) is 0 Å². The molecule has 23 heavy (non-hydrogen) atoms. The number of nitrogens with zero attached hydrogens (tertiary/aromatic N) is 2. The van der Waals surface area contributed by atoms with Crippen molar-refractivity contribution in [3.63, 3.8) is 0 Å². The van der Waals surface area contributed by atoms with Crippen LogP contribution in [-0.4, -0.2) is 50.9 Å². The Balaban J connectivity index is 1.47. The molecule has 1 unspecified atom stereocenters. The molecule has 2 saturated heterocycles. The Kier molecular flexibility index (Phi) is 6.16. The van der Waals surface area contributed by atoms with Gasteiger partial charge in [-0.2, -0.15) is 0 Å². The molecule has 0 spiro atoms. The lowest BCUT2D eigenvalue weighted by atomic mass is 10.1. The lowest BCUT2D eigenvalue weighted by Crippen LogP contribution is -2.48. The Hall–Kier alpha value is -1.27. The van der Waals surface area contributed by atoms with Crippen LogP contribution in [0.4, 0.5) is 5.00 Å². The van der Waals surface area contributed by atoms with E-state index in [-0.39, 0.29) is 0 Å². The normalized spacial score (nSPS) is 23.3.